The Morgan fingerprint density at radius 1 is 1.07 bits per heavy atom. The summed E-state index contributed by atoms with van der Waals surface area (Å²) in [5.41, 5.74) is -5.27. The fraction of sp³-hybridized carbons (Fsp3) is 0.812. The van der Waals surface area contributed by atoms with Crippen LogP contribution in [0.1, 0.15) is 53.6 Å². The van der Waals surface area contributed by atoms with E-state index >= 15 is 0 Å². The fourth-order valence-electron chi connectivity index (χ4n) is 2.99. The largest absolute Gasteiger partial charge is 0.741 e. The van der Waals surface area contributed by atoms with Gasteiger partial charge in [-0.15, -0.1) is 0 Å². The van der Waals surface area contributed by atoms with Gasteiger partial charge in [0.25, 0.3) is 6.33 Å². The SMILES string of the molecule is CC(C)(C)[C@H]1COc2c3[n+](cn21)[C@@H](C(C)(C)C)CO3.O=S(=O)([O-])C(F)(F)F. The van der Waals surface area contributed by atoms with E-state index in [9.17, 15) is 13.2 Å². The lowest BCUT2D eigenvalue weighted by Gasteiger charge is -2.24. The molecular weight excluding hydrogens is 389 g/mol. The molecule has 3 heterocycles. The van der Waals surface area contributed by atoms with Crippen LogP contribution in [0.5, 0.6) is 11.8 Å². The number of aromatic nitrogens is 2. The quantitative estimate of drug-likeness (QED) is 0.370. The van der Waals surface area contributed by atoms with Gasteiger partial charge in [-0.25, -0.2) is 8.42 Å². The zero-order valence-corrected chi connectivity index (χ0v) is 16.9. The van der Waals surface area contributed by atoms with Crippen molar-refractivity contribution in [2.75, 3.05) is 13.2 Å². The van der Waals surface area contributed by atoms with Crippen molar-refractivity contribution < 1.29 is 40.2 Å². The van der Waals surface area contributed by atoms with E-state index < -0.39 is 15.6 Å². The van der Waals surface area contributed by atoms with E-state index in [2.05, 4.69) is 57.0 Å². The molecule has 0 bridgehead atoms. The van der Waals surface area contributed by atoms with E-state index in [4.69, 9.17) is 22.4 Å². The number of hydrogen-bond acceptors (Lipinski definition) is 5. The van der Waals surface area contributed by atoms with Gasteiger partial charge >= 0.3 is 17.3 Å². The predicted octanol–water partition coefficient (Wildman–Crippen LogP) is 2.79. The van der Waals surface area contributed by atoms with Gasteiger partial charge < -0.3 is 14.0 Å². The Labute approximate surface area is 156 Å². The van der Waals surface area contributed by atoms with Crippen LogP contribution in [0.15, 0.2) is 6.33 Å². The third kappa shape index (κ3) is 4.34. The van der Waals surface area contributed by atoms with Crippen LogP contribution in [0, 0.1) is 10.8 Å². The molecule has 2 aliphatic heterocycles. The average Bonchev–Trinajstić information content (AvgIpc) is 3.03. The van der Waals surface area contributed by atoms with E-state index in [0.29, 0.717) is 12.1 Å². The maximum Gasteiger partial charge on any atom is 0.485 e. The molecule has 11 heteroatoms. The van der Waals surface area contributed by atoms with Crippen LogP contribution < -0.4 is 14.0 Å². The maximum atomic E-state index is 10.7. The van der Waals surface area contributed by atoms with Gasteiger partial charge in [-0.2, -0.15) is 22.3 Å². The van der Waals surface area contributed by atoms with E-state index in [1.807, 2.05) is 0 Å². The Morgan fingerprint density at radius 3 is 2.00 bits per heavy atom. The van der Waals surface area contributed by atoms with Gasteiger partial charge in [0.2, 0.25) is 0 Å². The van der Waals surface area contributed by atoms with E-state index in [0.717, 1.165) is 25.0 Å². The second kappa shape index (κ2) is 6.54. The summed E-state index contributed by atoms with van der Waals surface area (Å²) in [7, 11) is -6.09. The molecule has 0 saturated carbocycles. The minimum Gasteiger partial charge on any atom is -0.741 e. The van der Waals surface area contributed by atoms with Crippen molar-refractivity contribution in [1.82, 2.24) is 4.57 Å². The minimum absolute atomic E-state index is 0.190. The zero-order chi connectivity index (χ0) is 21.0. The fourth-order valence-corrected chi connectivity index (χ4v) is 2.99. The summed E-state index contributed by atoms with van der Waals surface area (Å²) in [6.07, 6.45) is 2.19. The molecule has 0 saturated heterocycles. The first-order chi connectivity index (χ1) is 11.9. The van der Waals surface area contributed by atoms with E-state index in [1.54, 1.807) is 0 Å². The molecule has 27 heavy (non-hydrogen) atoms. The molecule has 1 aromatic rings. The number of imidazole rings is 1. The number of fused-ring (bicyclic) bond motifs is 3. The molecule has 0 spiro atoms. The highest BCUT2D eigenvalue weighted by molar-refractivity contribution is 7.86. The topological polar surface area (TPSA) is 84.5 Å². The van der Waals surface area contributed by atoms with Crippen molar-refractivity contribution in [1.29, 1.82) is 0 Å². The van der Waals surface area contributed by atoms with Crippen LogP contribution in [-0.4, -0.2) is 36.3 Å². The number of nitrogens with zero attached hydrogens (tertiary/aromatic N) is 2. The van der Waals surface area contributed by atoms with Crippen LogP contribution in [-0.2, 0) is 10.1 Å². The number of alkyl halides is 3. The first kappa shape index (κ1) is 21.8. The molecular formula is C16H25F3N2O5S. The van der Waals surface area contributed by atoms with Gasteiger partial charge in [0.1, 0.15) is 25.3 Å². The molecule has 0 fully saturated rings. The van der Waals surface area contributed by atoms with Crippen molar-refractivity contribution in [2.24, 2.45) is 10.8 Å². The lowest BCUT2D eigenvalue weighted by Crippen LogP contribution is -2.43. The van der Waals surface area contributed by atoms with Crippen LogP contribution in [0.3, 0.4) is 0 Å². The van der Waals surface area contributed by atoms with E-state index in [1.165, 1.54) is 0 Å². The Bertz CT molecular complexity index is 759. The van der Waals surface area contributed by atoms with Gasteiger partial charge in [-0.3, -0.25) is 0 Å². The smallest absolute Gasteiger partial charge is 0.485 e. The summed E-state index contributed by atoms with van der Waals surface area (Å²) in [5.74, 6) is 1.82. The van der Waals surface area contributed by atoms with Crippen LogP contribution in [0.4, 0.5) is 13.2 Å². The first-order valence-electron chi connectivity index (χ1n) is 8.38. The second-order valence-corrected chi connectivity index (χ2v) is 10.2. The van der Waals surface area contributed by atoms with Gasteiger partial charge in [0, 0.05) is 10.8 Å². The molecule has 0 amide bonds. The van der Waals surface area contributed by atoms with Crippen LogP contribution >= 0.6 is 0 Å². The summed E-state index contributed by atoms with van der Waals surface area (Å²) < 4.78 is 75.2. The molecule has 7 nitrogen and oxygen atoms in total. The van der Waals surface area contributed by atoms with Crippen molar-refractivity contribution in [2.45, 2.75) is 59.1 Å². The molecule has 0 unspecified atom stereocenters. The number of halogens is 3. The van der Waals surface area contributed by atoms with Crippen LogP contribution in [0.25, 0.3) is 0 Å². The lowest BCUT2D eigenvalue weighted by molar-refractivity contribution is -0.717. The predicted molar refractivity (Wildman–Crippen MR) is 88.4 cm³/mol. The zero-order valence-electron chi connectivity index (χ0n) is 16.1. The molecule has 2 atom stereocenters. The summed E-state index contributed by atoms with van der Waals surface area (Å²) in [6.45, 7) is 15.0. The molecule has 0 aromatic carbocycles. The lowest BCUT2D eigenvalue weighted by atomic mass is 9.87. The third-order valence-corrected chi connectivity index (χ3v) is 5.18. The van der Waals surface area contributed by atoms with Crippen LogP contribution in [0.2, 0.25) is 0 Å². The van der Waals surface area contributed by atoms with Crippen molar-refractivity contribution in [3.63, 3.8) is 0 Å². The number of rotatable bonds is 0. The summed E-state index contributed by atoms with van der Waals surface area (Å²) >= 11 is 0. The summed E-state index contributed by atoms with van der Waals surface area (Å²) in [4.78, 5) is 0. The van der Waals surface area contributed by atoms with Gasteiger partial charge in [-0.1, -0.05) is 41.5 Å². The third-order valence-electron chi connectivity index (χ3n) is 4.61. The van der Waals surface area contributed by atoms with Gasteiger partial charge in [0.05, 0.1) is 0 Å². The number of hydrogen-bond donors (Lipinski definition) is 0. The standard InChI is InChI=1S/C15H25N2O2.CHF3O3S/c1-14(2,3)10-7-18-12-13-17(9-16(10)12)11(8-19-13)15(4,5)6;2-1(3,4)8(5,6)7/h9-11H,7-8H2,1-6H3;(H,5,6,7)/q+1;/p-1/t10-,11-;/m1./s1. The number of ether oxygens (including phenoxy) is 2. The van der Waals surface area contributed by atoms with Crippen molar-refractivity contribution >= 4 is 10.1 Å². The summed E-state index contributed by atoms with van der Waals surface area (Å²) in [5, 5.41) is 0. The molecule has 156 valence electrons. The van der Waals surface area contributed by atoms with Crippen molar-refractivity contribution in [3.05, 3.63) is 6.33 Å². The van der Waals surface area contributed by atoms with Crippen molar-refractivity contribution in [3.8, 4) is 11.8 Å². The Hall–Kier alpha value is -1.49. The van der Waals surface area contributed by atoms with Gasteiger partial charge in [0.15, 0.2) is 10.1 Å². The molecule has 1 aromatic heterocycles. The highest BCUT2D eigenvalue weighted by atomic mass is 32.2. The molecule has 0 radical (unpaired) electrons. The monoisotopic (exact) mass is 414 g/mol. The second-order valence-electron chi connectivity index (χ2n) is 8.83. The molecule has 2 aliphatic rings. The highest BCUT2D eigenvalue weighted by Gasteiger charge is 2.49. The van der Waals surface area contributed by atoms with E-state index in [-0.39, 0.29) is 10.8 Å². The summed E-state index contributed by atoms with van der Waals surface area (Å²) in [6, 6.07) is 0.759. The minimum atomic E-state index is -6.09. The Morgan fingerprint density at radius 2 is 1.59 bits per heavy atom. The highest BCUT2D eigenvalue weighted by Crippen LogP contribution is 2.45. The maximum absolute atomic E-state index is 10.7. The average molecular weight is 414 g/mol. The molecule has 0 N–H and O–H groups in total. The normalized spacial score (nSPS) is 22.3. The Balaban J connectivity index is 0.000000279. The first-order valence-corrected chi connectivity index (χ1v) is 9.79. The Kier molecular flexibility index (Phi) is 5.28. The molecule has 0 aliphatic carbocycles. The molecule has 3 rings (SSSR count). The van der Waals surface area contributed by atoms with Gasteiger partial charge in [-0.05, 0) is 0 Å².